The van der Waals surface area contributed by atoms with Gasteiger partial charge in [0.05, 0.1) is 6.54 Å². The van der Waals surface area contributed by atoms with Crippen LogP contribution in [-0.4, -0.2) is 48.4 Å². The van der Waals surface area contributed by atoms with Crippen LogP contribution in [0, 0.1) is 0 Å². The van der Waals surface area contributed by atoms with E-state index in [1.54, 1.807) is 18.1 Å². The Morgan fingerprint density at radius 3 is 2.54 bits per heavy atom. The first-order valence-corrected chi connectivity index (χ1v) is 8.14. The fourth-order valence-electron chi connectivity index (χ4n) is 2.32. The summed E-state index contributed by atoms with van der Waals surface area (Å²) in [5.41, 5.74) is 2.58. The molecule has 0 spiro atoms. The standard InChI is InChI=1S/C17H27N7/c1-18-17(20-12-16-21-13-22-24(16)4)19-11-5-6-14-7-9-15(10-8-14)23(2)3/h7-10,13H,5-6,11-12H2,1-4H3,(H2,18,19,20). The molecule has 0 aliphatic heterocycles. The van der Waals surface area contributed by atoms with Gasteiger partial charge in [0.1, 0.15) is 12.2 Å². The maximum atomic E-state index is 4.22. The van der Waals surface area contributed by atoms with Crippen LogP contribution >= 0.6 is 0 Å². The lowest BCUT2D eigenvalue weighted by atomic mass is 10.1. The van der Waals surface area contributed by atoms with E-state index in [9.17, 15) is 0 Å². The van der Waals surface area contributed by atoms with Crippen LogP contribution in [0.4, 0.5) is 5.69 Å². The lowest BCUT2D eigenvalue weighted by Crippen LogP contribution is -2.38. The molecule has 1 aromatic carbocycles. The van der Waals surface area contributed by atoms with E-state index in [0.717, 1.165) is 31.2 Å². The summed E-state index contributed by atoms with van der Waals surface area (Å²) in [6, 6.07) is 8.70. The molecule has 7 nitrogen and oxygen atoms in total. The second-order valence-electron chi connectivity index (χ2n) is 5.82. The number of hydrogen-bond acceptors (Lipinski definition) is 4. The number of nitrogens with one attached hydrogen (secondary N) is 2. The summed E-state index contributed by atoms with van der Waals surface area (Å²) >= 11 is 0. The molecule has 0 fully saturated rings. The van der Waals surface area contributed by atoms with Gasteiger partial charge >= 0.3 is 0 Å². The van der Waals surface area contributed by atoms with Gasteiger partial charge in [0.15, 0.2) is 5.96 Å². The predicted molar refractivity (Wildman–Crippen MR) is 98.3 cm³/mol. The van der Waals surface area contributed by atoms with Crippen molar-refractivity contribution in [1.82, 2.24) is 25.4 Å². The summed E-state index contributed by atoms with van der Waals surface area (Å²) in [4.78, 5) is 10.5. The summed E-state index contributed by atoms with van der Waals surface area (Å²) < 4.78 is 1.75. The summed E-state index contributed by atoms with van der Waals surface area (Å²) in [5.74, 6) is 1.65. The van der Waals surface area contributed by atoms with Gasteiger partial charge in [0.2, 0.25) is 0 Å². The van der Waals surface area contributed by atoms with Crippen LogP contribution in [-0.2, 0) is 20.0 Å². The third kappa shape index (κ3) is 5.26. The lowest BCUT2D eigenvalue weighted by Gasteiger charge is -2.13. The molecule has 0 unspecified atom stereocenters. The lowest BCUT2D eigenvalue weighted by molar-refractivity contribution is 0.669. The van der Waals surface area contributed by atoms with Crippen LogP contribution in [0.2, 0.25) is 0 Å². The summed E-state index contributed by atoms with van der Waals surface area (Å²) in [7, 11) is 7.75. The third-order valence-corrected chi connectivity index (χ3v) is 3.83. The Kier molecular flexibility index (Phi) is 6.60. The number of nitrogens with zero attached hydrogens (tertiary/aromatic N) is 5. The minimum Gasteiger partial charge on any atom is -0.378 e. The van der Waals surface area contributed by atoms with E-state index >= 15 is 0 Å². The van der Waals surface area contributed by atoms with Gasteiger partial charge in [-0.2, -0.15) is 5.10 Å². The number of guanidine groups is 1. The van der Waals surface area contributed by atoms with E-state index in [1.165, 1.54) is 11.3 Å². The fraction of sp³-hybridized carbons (Fsp3) is 0.471. The van der Waals surface area contributed by atoms with E-state index < -0.39 is 0 Å². The van der Waals surface area contributed by atoms with Gasteiger partial charge in [0, 0.05) is 40.4 Å². The molecule has 130 valence electrons. The molecule has 0 aliphatic rings. The van der Waals surface area contributed by atoms with E-state index in [4.69, 9.17) is 0 Å². The van der Waals surface area contributed by atoms with Gasteiger partial charge < -0.3 is 15.5 Å². The van der Waals surface area contributed by atoms with Gasteiger partial charge in [0.25, 0.3) is 0 Å². The molecule has 2 aromatic rings. The Bertz CT molecular complexity index is 643. The number of rotatable bonds is 7. The Morgan fingerprint density at radius 1 is 1.21 bits per heavy atom. The van der Waals surface area contributed by atoms with Crippen LogP contribution in [0.1, 0.15) is 17.8 Å². The van der Waals surface area contributed by atoms with Gasteiger partial charge in [-0.05, 0) is 30.5 Å². The molecule has 0 saturated heterocycles. The molecule has 2 rings (SSSR count). The number of hydrogen-bond donors (Lipinski definition) is 2. The molecule has 0 atom stereocenters. The SMILES string of the molecule is CN=C(NCCCc1ccc(N(C)C)cc1)NCc1ncnn1C. The molecule has 2 N–H and O–H groups in total. The van der Waals surface area contributed by atoms with E-state index in [1.807, 2.05) is 7.05 Å². The Balaban J connectivity index is 1.69. The molecule has 1 aromatic heterocycles. The third-order valence-electron chi connectivity index (χ3n) is 3.83. The smallest absolute Gasteiger partial charge is 0.191 e. The minimum absolute atomic E-state index is 0.599. The number of benzene rings is 1. The predicted octanol–water partition coefficient (Wildman–Crippen LogP) is 1.18. The molecular weight excluding hydrogens is 302 g/mol. The van der Waals surface area contributed by atoms with Crippen molar-refractivity contribution in [2.75, 3.05) is 32.6 Å². The Labute approximate surface area is 143 Å². The van der Waals surface area contributed by atoms with E-state index in [2.05, 4.69) is 69.0 Å². The quantitative estimate of drug-likeness (QED) is 0.453. The van der Waals surface area contributed by atoms with Gasteiger partial charge in [-0.15, -0.1) is 0 Å². The van der Waals surface area contributed by atoms with Crippen molar-refractivity contribution in [3.05, 3.63) is 42.0 Å². The molecule has 1 heterocycles. The molecule has 0 radical (unpaired) electrons. The molecule has 0 saturated carbocycles. The molecular formula is C17H27N7. The molecule has 0 bridgehead atoms. The highest BCUT2D eigenvalue weighted by Crippen LogP contribution is 2.13. The van der Waals surface area contributed by atoms with Crippen LogP contribution in [0.15, 0.2) is 35.6 Å². The zero-order valence-electron chi connectivity index (χ0n) is 15.0. The summed E-state index contributed by atoms with van der Waals surface area (Å²) in [6.07, 6.45) is 3.64. The van der Waals surface area contributed by atoms with Crippen molar-refractivity contribution in [2.24, 2.45) is 12.0 Å². The van der Waals surface area contributed by atoms with Crippen molar-refractivity contribution < 1.29 is 0 Å². The number of aryl methyl sites for hydroxylation is 2. The molecule has 7 heteroatoms. The topological polar surface area (TPSA) is 70.4 Å². The highest BCUT2D eigenvalue weighted by atomic mass is 15.3. The average molecular weight is 329 g/mol. The largest absolute Gasteiger partial charge is 0.378 e. The first kappa shape index (κ1) is 17.8. The van der Waals surface area contributed by atoms with Gasteiger partial charge in [-0.3, -0.25) is 9.67 Å². The Morgan fingerprint density at radius 2 is 1.96 bits per heavy atom. The molecule has 24 heavy (non-hydrogen) atoms. The zero-order chi connectivity index (χ0) is 17.4. The Hall–Kier alpha value is -2.57. The number of aromatic nitrogens is 3. The maximum Gasteiger partial charge on any atom is 0.191 e. The second kappa shape index (κ2) is 8.90. The maximum absolute atomic E-state index is 4.22. The second-order valence-corrected chi connectivity index (χ2v) is 5.82. The van der Waals surface area contributed by atoms with Crippen molar-refractivity contribution in [2.45, 2.75) is 19.4 Å². The molecule has 0 amide bonds. The highest BCUT2D eigenvalue weighted by molar-refractivity contribution is 5.79. The summed E-state index contributed by atoms with van der Waals surface area (Å²) in [6.45, 7) is 1.47. The van der Waals surface area contributed by atoms with E-state index in [0.29, 0.717) is 6.54 Å². The average Bonchev–Trinajstić information content (AvgIpc) is 2.99. The molecule has 0 aliphatic carbocycles. The van der Waals surface area contributed by atoms with Gasteiger partial charge in [-0.1, -0.05) is 12.1 Å². The zero-order valence-corrected chi connectivity index (χ0v) is 15.0. The van der Waals surface area contributed by atoms with Crippen LogP contribution < -0.4 is 15.5 Å². The van der Waals surface area contributed by atoms with Crippen LogP contribution in [0.3, 0.4) is 0 Å². The number of aliphatic imine (C=N–C) groups is 1. The van der Waals surface area contributed by atoms with Gasteiger partial charge in [-0.25, -0.2) is 4.98 Å². The van der Waals surface area contributed by atoms with Crippen LogP contribution in [0.5, 0.6) is 0 Å². The van der Waals surface area contributed by atoms with Crippen LogP contribution in [0.25, 0.3) is 0 Å². The minimum atomic E-state index is 0.599. The van der Waals surface area contributed by atoms with Crippen molar-refractivity contribution >= 4 is 11.6 Å². The first-order valence-electron chi connectivity index (χ1n) is 8.14. The normalized spacial score (nSPS) is 11.4. The number of anilines is 1. The summed E-state index contributed by atoms with van der Waals surface area (Å²) in [5, 5.41) is 10.6. The van der Waals surface area contributed by atoms with Crippen molar-refractivity contribution in [1.29, 1.82) is 0 Å². The van der Waals surface area contributed by atoms with Crippen molar-refractivity contribution in [3.8, 4) is 0 Å². The first-order chi connectivity index (χ1) is 11.6. The monoisotopic (exact) mass is 329 g/mol. The highest BCUT2D eigenvalue weighted by Gasteiger charge is 2.02. The fourth-order valence-corrected chi connectivity index (χ4v) is 2.32. The van der Waals surface area contributed by atoms with E-state index in [-0.39, 0.29) is 0 Å². The van der Waals surface area contributed by atoms with Crippen molar-refractivity contribution in [3.63, 3.8) is 0 Å².